The van der Waals surface area contributed by atoms with Gasteiger partial charge in [0.15, 0.2) is 0 Å². The van der Waals surface area contributed by atoms with Crippen LogP contribution in [0.25, 0.3) is 0 Å². The largest absolute Gasteiger partial charge is 1.00 e. The van der Waals surface area contributed by atoms with E-state index in [1.165, 1.54) is 106 Å². The van der Waals surface area contributed by atoms with Gasteiger partial charge in [-0.25, -0.2) is 0 Å². The van der Waals surface area contributed by atoms with E-state index in [-0.39, 0.29) is 24.0 Å². The zero-order valence-corrected chi connectivity index (χ0v) is 19.3. The van der Waals surface area contributed by atoms with Crippen molar-refractivity contribution in [2.24, 2.45) is 0 Å². The Labute approximate surface area is 166 Å². The summed E-state index contributed by atoms with van der Waals surface area (Å²) in [5, 5.41) is 1.17. The van der Waals surface area contributed by atoms with Crippen LogP contribution in [-0.2, 0) is 0 Å². The Morgan fingerprint density at radius 3 is 1.41 bits per heavy atom. The van der Waals surface area contributed by atoms with Crippen LogP contribution in [0.15, 0.2) is 0 Å². The van der Waals surface area contributed by atoms with E-state index in [0.29, 0.717) is 0 Å². The number of nitrogens with zero attached hydrogens (tertiary/aromatic N) is 1. The smallest absolute Gasteiger partial charge is 0.0784 e. The van der Waals surface area contributed by atoms with Gasteiger partial charge in [0.05, 0.1) is 26.7 Å². The Kier molecular flexibility index (Phi) is 21.4. The molecule has 0 fully saturated rings. The molecule has 1 nitrogen and oxygen atoms in total. The molecule has 0 spiro atoms. The topological polar surface area (TPSA) is 0 Å². The Morgan fingerprint density at radius 1 is 0.591 bits per heavy atom. The van der Waals surface area contributed by atoms with Gasteiger partial charge in [-0.2, -0.15) is 0 Å². The van der Waals surface area contributed by atoms with E-state index in [4.69, 9.17) is 0 Å². The number of quaternary nitrogens is 1. The number of hydrogen-bond donors (Lipinski definition) is 0. The van der Waals surface area contributed by atoms with Crippen molar-refractivity contribution < 1.29 is 28.5 Å². The number of rotatable bonds is 16. The minimum atomic E-state index is 0. The number of hydrogen-bond acceptors (Lipinski definition) is 0. The molecule has 0 saturated carbocycles. The Bertz CT molecular complexity index is 214. The number of unbranched alkanes of at least 4 members (excludes halogenated alkanes) is 9. The van der Waals surface area contributed by atoms with Gasteiger partial charge in [0, 0.05) is 5.33 Å². The van der Waals surface area contributed by atoms with Crippen LogP contribution in [0.3, 0.4) is 0 Å². The quantitative estimate of drug-likeness (QED) is 0.134. The lowest BCUT2D eigenvalue weighted by Gasteiger charge is -2.35. The van der Waals surface area contributed by atoms with Gasteiger partial charge in [-0.05, 0) is 38.5 Å². The molecule has 136 valence electrons. The average molecular weight is 490 g/mol. The molecule has 0 radical (unpaired) electrons. The highest BCUT2D eigenvalue weighted by Crippen LogP contribution is 2.14. The third-order valence-corrected chi connectivity index (χ3v) is 5.25. The fourth-order valence-electron chi connectivity index (χ4n) is 3.12. The first-order valence-electron chi connectivity index (χ1n) is 9.58. The molecule has 3 heteroatoms. The van der Waals surface area contributed by atoms with Gasteiger partial charge >= 0.3 is 0 Å². The minimum Gasteiger partial charge on any atom is -1.00 e. The van der Waals surface area contributed by atoms with Crippen molar-refractivity contribution >= 4 is 15.9 Å². The predicted octanol–water partition coefficient (Wildman–Crippen LogP) is 3.55. The Hall–Kier alpha value is 1.17. The average Bonchev–Trinajstić information content (AvgIpc) is 2.48. The van der Waals surface area contributed by atoms with Crippen molar-refractivity contribution in [3.8, 4) is 0 Å². The summed E-state index contributed by atoms with van der Waals surface area (Å²) in [5.41, 5.74) is 0. The molecule has 0 heterocycles. The maximum Gasteiger partial charge on any atom is 0.0784 e. The molecular formula is C19H41BrIN. The summed E-state index contributed by atoms with van der Waals surface area (Å²) in [5.74, 6) is 0. The van der Waals surface area contributed by atoms with E-state index in [9.17, 15) is 0 Å². The van der Waals surface area contributed by atoms with Crippen LogP contribution in [0.4, 0.5) is 0 Å². The van der Waals surface area contributed by atoms with Crippen molar-refractivity contribution in [1.82, 2.24) is 0 Å². The molecule has 0 N–H and O–H groups in total. The van der Waals surface area contributed by atoms with Gasteiger partial charge in [0.25, 0.3) is 0 Å². The highest BCUT2D eigenvalue weighted by Gasteiger charge is 2.19. The Balaban J connectivity index is 0. The van der Waals surface area contributed by atoms with Crippen molar-refractivity contribution in [2.45, 2.75) is 90.9 Å². The van der Waals surface area contributed by atoms with Gasteiger partial charge in [-0.1, -0.05) is 68.3 Å². The molecule has 0 saturated heterocycles. The lowest BCUT2D eigenvalue weighted by Crippen LogP contribution is -3.00. The summed E-state index contributed by atoms with van der Waals surface area (Å²) in [7, 11) is 2.51. The van der Waals surface area contributed by atoms with Gasteiger partial charge in [0.1, 0.15) is 0 Å². The summed E-state index contributed by atoms with van der Waals surface area (Å²) in [6, 6.07) is 0. The second kappa shape index (κ2) is 18.5. The van der Waals surface area contributed by atoms with Crippen molar-refractivity contribution in [3.05, 3.63) is 0 Å². The normalized spacial score (nSPS) is 13.6. The van der Waals surface area contributed by atoms with E-state index in [0.717, 1.165) is 0 Å². The summed E-state index contributed by atoms with van der Waals surface area (Å²) < 4.78 is 1.32. The van der Waals surface area contributed by atoms with Crippen LogP contribution in [-0.4, -0.2) is 36.5 Å². The van der Waals surface area contributed by atoms with E-state index < -0.39 is 0 Å². The van der Waals surface area contributed by atoms with Crippen molar-refractivity contribution in [1.29, 1.82) is 0 Å². The standard InChI is InChI=1S/C19H41BrN.HI/c1-4-6-8-10-11-14-18-21(3,19-15-12-16-20)17-13-9-7-5-2;/h4-19H2,1-3H3;1H/q+1;/p-1. The fourth-order valence-corrected chi connectivity index (χ4v) is 3.51. The molecule has 0 bridgehead atoms. The Morgan fingerprint density at radius 2 is 0.955 bits per heavy atom. The molecule has 1 atom stereocenters. The molecule has 0 amide bonds. The van der Waals surface area contributed by atoms with Gasteiger partial charge in [0.2, 0.25) is 0 Å². The van der Waals surface area contributed by atoms with Crippen LogP contribution in [0.5, 0.6) is 0 Å². The van der Waals surface area contributed by atoms with Crippen LogP contribution in [0.2, 0.25) is 0 Å². The third kappa shape index (κ3) is 16.0. The zero-order valence-electron chi connectivity index (χ0n) is 15.5. The lowest BCUT2D eigenvalue weighted by molar-refractivity contribution is -0.910. The van der Waals surface area contributed by atoms with Crippen LogP contribution in [0, 0.1) is 0 Å². The van der Waals surface area contributed by atoms with E-state index in [1.807, 2.05) is 0 Å². The molecule has 1 unspecified atom stereocenters. The zero-order chi connectivity index (χ0) is 15.8. The molecule has 0 aliphatic heterocycles. The highest BCUT2D eigenvalue weighted by atomic mass is 127. The SMILES string of the molecule is CCCCCCCC[N+](C)(CCCCBr)CCCCCC.[I-]. The van der Waals surface area contributed by atoms with Gasteiger partial charge in [-0.15, -0.1) is 0 Å². The van der Waals surface area contributed by atoms with Crippen LogP contribution in [0.1, 0.15) is 90.9 Å². The van der Waals surface area contributed by atoms with E-state index >= 15 is 0 Å². The first-order chi connectivity index (χ1) is 10.2. The molecular weight excluding hydrogens is 449 g/mol. The molecule has 0 aliphatic rings. The summed E-state index contributed by atoms with van der Waals surface area (Å²) in [6.07, 6.45) is 16.9. The van der Waals surface area contributed by atoms with Crippen LogP contribution >= 0.6 is 15.9 Å². The van der Waals surface area contributed by atoms with Crippen molar-refractivity contribution in [2.75, 3.05) is 32.0 Å². The molecule has 0 rings (SSSR count). The van der Waals surface area contributed by atoms with Crippen LogP contribution < -0.4 is 24.0 Å². The summed E-state index contributed by atoms with van der Waals surface area (Å²) in [6.45, 7) is 8.79. The molecule has 0 aromatic carbocycles. The van der Waals surface area contributed by atoms with Gasteiger partial charge in [-0.3, -0.25) is 0 Å². The lowest BCUT2D eigenvalue weighted by atomic mass is 10.1. The first kappa shape index (κ1) is 25.4. The maximum absolute atomic E-state index is 3.57. The second-order valence-electron chi connectivity index (χ2n) is 7.01. The highest BCUT2D eigenvalue weighted by molar-refractivity contribution is 9.09. The fraction of sp³-hybridized carbons (Fsp3) is 1.00. The number of alkyl halides is 1. The third-order valence-electron chi connectivity index (χ3n) is 4.68. The maximum atomic E-state index is 3.57. The first-order valence-corrected chi connectivity index (χ1v) is 10.7. The van der Waals surface area contributed by atoms with Crippen molar-refractivity contribution in [3.63, 3.8) is 0 Å². The second-order valence-corrected chi connectivity index (χ2v) is 7.81. The van der Waals surface area contributed by atoms with E-state index in [1.54, 1.807) is 0 Å². The monoisotopic (exact) mass is 489 g/mol. The minimum absolute atomic E-state index is 0. The van der Waals surface area contributed by atoms with E-state index in [2.05, 4.69) is 36.8 Å². The molecule has 22 heavy (non-hydrogen) atoms. The van der Waals surface area contributed by atoms with Gasteiger partial charge < -0.3 is 28.5 Å². The summed E-state index contributed by atoms with van der Waals surface area (Å²) >= 11 is 3.57. The molecule has 0 aromatic heterocycles. The summed E-state index contributed by atoms with van der Waals surface area (Å²) in [4.78, 5) is 0. The predicted molar refractivity (Wildman–Crippen MR) is 101 cm³/mol. The number of halogens is 2. The molecule has 0 aromatic rings. The molecule has 0 aliphatic carbocycles.